The first kappa shape index (κ1) is 16.6. The van der Waals surface area contributed by atoms with Gasteiger partial charge in [0, 0.05) is 18.3 Å². The average Bonchev–Trinajstić information content (AvgIpc) is 2.64. The molecule has 25 heavy (non-hydrogen) atoms. The molecule has 2 heterocycles. The summed E-state index contributed by atoms with van der Waals surface area (Å²) in [6.45, 7) is 2.57. The van der Waals surface area contributed by atoms with E-state index in [4.69, 9.17) is 4.74 Å². The fraction of sp³-hybridized carbons (Fsp3) is 0.222. The Kier molecular flexibility index (Phi) is 5.03. The van der Waals surface area contributed by atoms with E-state index in [2.05, 4.69) is 15.3 Å². The first-order valence-electron chi connectivity index (χ1n) is 7.97. The number of nitrogens with one attached hydrogen (secondary N) is 1. The molecule has 0 aliphatic carbocycles. The molecule has 0 saturated heterocycles. The Balaban J connectivity index is 1.74. The van der Waals surface area contributed by atoms with Crippen molar-refractivity contribution in [3.8, 4) is 5.88 Å². The van der Waals surface area contributed by atoms with Crippen LogP contribution in [0.1, 0.15) is 12.5 Å². The largest absolute Gasteiger partial charge is 0.478 e. The van der Waals surface area contributed by atoms with E-state index in [9.17, 15) is 9.59 Å². The number of nitrogens with zero attached hydrogens (tertiary/aromatic N) is 3. The van der Waals surface area contributed by atoms with Gasteiger partial charge in [-0.2, -0.15) is 0 Å². The van der Waals surface area contributed by atoms with Gasteiger partial charge in [0.05, 0.1) is 23.8 Å². The third-order valence-corrected chi connectivity index (χ3v) is 3.66. The molecule has 0 atom stereocenters. The second-order valence-electron chi connectivity index (χ2n) is 5.35. The molecule has 7 nitrogen and oxygen atoms in total. The molecule has 2 aromatic heterocycles. The number of hydrogen-bond donors (Lipinski definition) is 1. The minimum atomic E-state index is -0.315. The molecular formula is C18H18N4O3. The van der Waals surface area contributed by atoms with E-state index in [1.807, 2.05) is 25.1 Å². The van der Waals surface area contributed by atoms with Gasteiger partial charge in [0.25, 0.3) is 5.56 Å². The molecular weight excluding hydrogens is 320 g/mol. The number of benzene rings is 1. The van der Waals surface area contributed by atoms with E-state index in [0.29, 0.717) is 23.5 Å². The zero-order valence-electron chi connectivity index (χ0n) is 13.8. The fourth-order valence-electron chi connectivity index (χ4n) is 2.50. The number of rotatable bonds is 6. The Hall–Kier alpha value is -3.22. The Morgan fingerprint density at radius 2 is 2.04 bits per heavy atom. The highest BCUT2D eigenvalue weighted by molar-refractivity contribution is 5.79. The van der Waals surface area contributed by atoms with E-state index in [1.54, 1.807) is 24.4 Å². The smallest absolute Gasteiger partial charge is 0.269 e. The van der Waals surface area contributed by atoms with Gasteiger partial charge >= 0.3 is 0 Å². The number of carbonyl (C=O) groups excluding carboxylic acids is 1. The predicted molar refractivity (Wildman–Crippen MR) is 93.3 cm³/mol. The zero-order chi connectivity index (χ0) is 17.6. The SMILES string of the molecule is CCOc1ncccc1CNC(=O)Cn1c(=O)cnc2ccccc21. The predicted octanol–water partition coefficient (Wildman–Crippen LogP) is 1.51. The highest BCUT2D eigenvalue weighted by Gasteiger charge is 2.10. The lowest BCUT2D eigenvalue weighted by Crippen LogP contribution is -2.32. The van der Waals surface area contributed by atoms with Gasteiger partial charge in [-0.1, -0.05) is 18.2 Å². The van der Waals surface area contributed by atoms with Crippen molar-refractivity contribution in [3.05, 3.63) is 64.7 Å². The average molecular weight is 338 g/mol. The fourth-order valence-corrected chi connectivity index (χ4v) is 2.50. The summed E-state index contributed by atoms with van der Waals surface area (Å²) in [5.74, 6) is 0.224. The summed E-state index contributed by atoms with van der Waals surface area (Å²) in [4.78, 5) is 32.6. The van der Waals surface area contributed by atoms with Crippen LogP contribution in [-0.2, 0) is 17.9 Å². The summed E-state index contributed by atoms with van der Waals surface area (Å²) >= 11 is 0. The molecule has 0 saturated carbocycles. The highest BCUT2D eigenvalue weighted by Crippen LogP contribution is 2.14. The van der Waals surface area contributed by atoms with E-state index in [0.717, 1.165) is 5.56 Å². The molecule has 0 spiro atoms. The van der Waals surface area contributed by atoms with Gasteiger partial charge in [0.15, 0.2) is 0 Å². The van der Waals surface area contributed by atoms with Crippen LogP contribution in [0.4, 0.5) is 0 Å². The van der Waals surface area contributed by atoms with Crippen LogP contribution in [0, 0.1) is 0 Å². The highest BCUT2D eigenvalue weighted by atomic mass is 16.5. The van der Waals surface area contributed by atoms with Crippen molar-refractivity contribution in [1.29, 1.82) is 0 Å². The molecule has 0 fully saturated rings. The monoisotopic (exact) mass is 338 g/mol. The summed E-state index contributed by atoms with van der Waals surface area (Å²) < 4.78 is 6.85. The molecule has 1 amide bonds. The van der Waals surface area contributed by atoms with Gasteiger partial charge in [-0.15, -0.1) is 0 Å². The molecule has 0 unspecified atom stereocenters. The lowest BCUT2D eigenvalue weighted by molar-refractivity contribution is -0.121. The Labute approximate surface area is 144 Å². The molecule has 0 aliphatic rings. The van der Waals surface area contributed by atoms with Gasteiger partial charge in [0.2, 0.25) is 11.8 Å². The number of fused-ring (bicyclic) bond motifs is 1. The maximum Gasteiger partial charge on any atom is 0.269 e. The summed E-state index contributed by atoms with van der Waals surface area (Å²) in [6.07, 6.45) is 2.86. The van der Waals surface area contributed by atoms with E-state index in [-0.39, 0.29) is 24.6 Å². The second-order valence-corrected chi connectivity index (χ2v) is 5.35. The van der Waals surface area contributed by atoms with Crippen LogP contribution < -0.4 is 15.6 Å². The summed E-state index contributed by atoms with van der Waals surface area (Å²) in [5.41, 5.74) is 1.76. The maximum atomic E-state index is 12.3. The van der Waals surface area contributed by atoms with Crippen LogP contribution >= 0.6 is 0 Å². The minimum absolute atomic E-state index is 0.0773. The molecule has 0 aliphatic heterocycles. The maximum absolute atomic E-state index is 12.3. The van der Waals surface area contributed by atoms with Crippen molar-refractivity contribution in [2.45, 2.75) is 20.0 Å². The first-order valence-corrected chi connectivity index (χ1v) is 7.97. The van der Waals surface area contributed by atoms with Gasteiger partial charge < -0.3 is 10.1 Å². The van der Waals surface area contributed by atoms with Gasteiger partial charge in [-0.05, 0) is 25.1 Å². The quantitative estimate of drug-likeness (QED) is 0.736. The van der Waals surface area contributed by atoms with E-state index >= 15 is 0 Å². The van der Waals surface area contributed by atoms with Crippen molar-refractivity contribution < 1.29 is 9.53 Å². The van der Waals surface area contributed by atoms with Crippen LogP contribution in [0.5, 0.6) is 5.88 Å². The van der Waals surface area contributed by atoms with Crippen molar-refractivity contribution in [2.75, 3.05) is 6.61 Å². The van der Waals surface area contributed by atoms with Gasteiger partial charge in [-0.25, -0.2) is 9.97 Å². The molecule has 1 aromatic carbocycles. The van der Waals surface area contributed by atoms with Crippen LogP contribution in [0.2, 0.25) is 0 Å². The zero-order valence-corrected chi connectivity index (χ0v) is 13.8. The molecule has 3 aromatic rings. The number of carbonyl (C=O) groups is 1. The number of aromatic nitrogens is 3. The summed E-state index contributed by atoms with van der Waals surface area (Å²) in [5, 5.41) is 2.80. The second kappa shape index (κ2) is 7.57. The Bertz CT molecular complexity index is 952. The van der Waals surface area contributed by atoms with Gasteiger partial charge in [-0.3, -0.25) is 14.2 Å². The molecule has 0 bridgehead atoms. The lowest BCUT2D eigenvalue weighted by Gasteiger charge is -2.11. The summed E-state index contributed by atoms with van der Waals surface area (Å²) in [6, 6.07) is 10.8. The lowest BCUT2D eigenvalue weighted by atomic mass is 10.2. The third kappa shape index (κ3) is 3.82. The van der Waals surface area contributed by atoms with Crippen molar-refractivity contribution in [2.24, 2.45) is 0 Å². The molecule has 1 N–H and O–H groups in total. The number of amides is 1. The number of ether oxygens (including phenoxy) is 1. The molecule has 0 radical (unpaired) electrons. The normalized spacial score (nSPS) is 10.6. The van der Waals surface area contributed by atoms with Crippen LogP contribution in [0.25, 0.3) is 11.0 Å². The Morgan fingerprint density at radius 1 is 1.20 bits per heavy atom. The van der Waals surface area contributed by atoms with E-state index in [1.165, 1.54) is 10.8 Å². The standard InChI is InChI=1S/C18H18N4O3/c1-2-25-18-13(6-5-9-19-18)10-21-16(23)12-22-15-8-4-3-7-14(15)20-11-17(22)24/h3-9,11H,2,10,12H2,1H3,(H,21,23). The van der Waals surface area contributed by atoms with E-state index < -0.39 is 0 Å². The van der Waals surface area contributed by atoms with Crippen LogP contribution in [-0.4, -0.2) is 27.0 Å². The molecule has 7 heteroatoms. The van der Waals surface area contributed by atoms with Crippen LogP contribution in [0.15, 0.2) is 53.6 Å². The summed E-state index contributed by atoms with van der Waals surface area (Å²) in [7, 11) is 0. The third-order valence-electron chi connectivity index (χ3n) is 3.66. The van der Waals surface area contributed by atoms with Crippen molar-refractivity contribution >= 4 is 16.9 Å². The number of para-hydroxylation sites is 2. The van der Waals surface area contributed by atoms with Crippen molar-refractivity contribution in [1.82, 2.24) is 19.9 Å². The first-order chi connectivity index (χ1) is 12.2. The van der Waals surface area contributed by atoms with Crippen molar-refractivity contribution in [3.63, 3.8) is 0 Å². The Morgan fingerprint density at radius 3 is 2.88 bits per heavy atom. The molecule has 128 valence electrons. The number of hydrogen-bond acceptors (Lipinski definition) is 5. The topological polar surface area (TPSA) is 86.1 Å². The van der Waals surface area contributed by atoms with Crippen LogP contribution in [0.3, 0.4) is 0 Å². The molecule has 3 rings (SSSR count). The van der Waals surface area contributed by atoms with Gasteiger partial charge in [0.1, 0.15) is 6.54 Å². The minimum Gasteiger partial charge on any atom is -0.478 e. The number of pyridine rings is 1.